The fourth-order valence-corrected chi connectivity index (χ4v) is 1.02. The van der Waals surface area contributed by atoms with Gasteiger partial charge in [0.05, 0.1) is 0 Å². The van der Waals surface area contributed by atoms with Gasteiger partial charge in [-0.15, -0.1) is 0 Å². The van der Waals surface area contributed by atoms with Crippen molar-refractivity contribution in [1.82, 2.24) is 0 Å². The van der Waals surface area contributed by atoms with Gasteiger partial charge in [0.15, 0.2) is 6.73 Å². The third-order valence-electron chi connectivity index (χ3n) is 1.74. The van der Waals surface area contributed by atoms with Crippen LogP contribution in [0.4, 0.5) is 0 Å². The molecular formula is C9H12N4O. The molecule has 0 radical (unpaired) electrons. The van der Waals surface area contributed by atoms with Crippen molar-refractivity contribution in [3.8, 4) is 5.75 Å². The number of nitrogens with zero attached hydrogens (tertiary/aromatic N) is 3. The number of benzene rings is 1. The second kappa shape index (κ2) is 5.11. The molecule has 1 aromatic rings. The van der Waals surface area contributed by atoms with E-state index in [0.29, 0.717) is 5.75 Å². The van der Waals surface area contributed by atoms with Gasteiger partial charge in [-0.25, -0.2) is 0 Å². The van der Waals surface area contributed by atoms with E-state index in [0.717, 1.165) is 5.56 Å². The zero-order valence-electron chi connectivity index (χ0n) is 7.92. The van der Waals surface area contributed by atoms with Crippen LogP contribution in [0.25, 0.3) is 10.4 Å². The average Bonchev–Trinajstić information content (AvgIpc) is 2.19. The maximum atomic E-state index is 8.05. The zero-order valence-corrected chi connectivity index (χ0v) is 7.92. The Kier molecular flexibility index (Phi) is 3.79. The smallest absolute Gasteiger partial charge is 0.167 e. The van der Waals surface area contributed by atoms with Gasteiger partial charge < -0.3 is 10.5 Å². The molecule has 0 fully saturated rings. The highest BCUT2D eigenvalue weighted by Gasteiger charge is 2.00. The van der Waals surface area contributed by atoms with E-state index in [1.807, 2.05) is 25.1 Å². The monoisotopic (exact) mass is 192 g/mol. The lowest BCUT2D eigenvalue weighted by Gasteiger charge is -2.07. The third-order valence-corrected chi connectivity index (χ3v) is 1.74. The topological polar surface area (TPSA) is 84.0 Å². The van der Waals surface area contributed by atoms with Gasteiger partial charge in [0, 0.05) is 11.0 Å². The first kappa shape index (κ1) is 10.4. The van der Waals surface area contributed by atoms with Crippen LogP contribution in [-0.2, 0) is 0 Å². The lowest BCUT2D eigenvalue weighted by Crippen LogP contribution is -2.05. The molecule has 0 aliphatic heterocycles. The summed E-state index contributed by atoms with van der Waals surface area (Å²) in [5.41, 5.74) is 14.7. The molecule has 2 N–H and O–H groups in total. The van der Waals surface area contributed by atoms with Gasteiger partial charge in [0.1, 0.15) is 5.75 Å². The van der Waals surface area contributed by atoms with Crippen molar-refractivity contribution in [3.05, 3.63) is 40.3 Å². The molecule has 14 heavy (non-hydrogen) atoms. The highest BCUT2D eigenvalue weighted by molar-refractivity contribution is 5.30. The Morgan fingerprint density at radius 2 is 2.43 bits per heavy atom. The summed E-state index contributed by atoms with van der Waals surface area (Å²) in [6.45, 7) is 1.89. The first-order valence-electron chi connectivity index (χ1n) is 4.23. The summed E-state index contributed by atoms with van der Waals surface area (Å²) in [5.74, 6) is 0.659. The molecule has 0 aliphatic rings. The minimum atomic E-state index is -0.0296. The molecule has 0 bridgehead atoms. The molecule has 0 saturated carbocycles. The summed E-state index contributed by atoms with van der Waals surface area (Å²) in [6.07, 6.45) is 0. The molecule has 5 nitrogen and oxygen atoms in total. The first-order valence-corrected chi connectivity index (χ1v) is 4.23. The molecule has 0 aromatic heterocycles. The largest absolute Gasteiger partial charge is 0.488 e. The number of azide groups is 1. The van der Waals surface area contributed by atoms with Crippen LogP contribution in [0.5, 0.6) is 5.75 Å². The van der Waals surface area contributed by atoms with Crippen LogP contribution in [0, 0.1) is 0 Å². The van der Waals surface area contributed by atoms with E-state index < -0.39 is 0 Å². The summed E-state index contributed by atoms with van der Waals surface area (Å²) in [4.78, 5) is 2.58. The van der Waals surface area contributed by atoms with E-state index in [1.165, 1.54) is 0 Å². The predicted octanol–water partition coefficient (Wildman–Crippen LogP) is 2.35. The summed E-state index contributed by atoms with van der Waals surface area (Å²) in [6, 6.07) is 7.36. The highest BCUT2D eigenvalue weighted by Crippen LogP contribution is 2.17. The normalized spacial score (nSPS) is 11.6. The van der Waals surface area contributed by atoms with E-state index in [4.69, 9.17) is 16.0 Å². The maximum absolute atomic E-state index is 8.05. The fraction of sp³-hybridized carbons (Fsp3) is 0.333. The maximum Gasteiger partial charge on any atom is 0.167 e. The molecule has 0 aliphatic carbocycles. The lowest BCUT2D eigenvalue weighted by molar-refractivity contribution is 0.329. The zero-order chi connectivity index (χ0) is 10.4. The predicted molar refractivity (Wildman–Crippen MR) is 53.7 cm³/mol. The molecule has 1 aromatic carbocycles. The Morgan fingerprint density at radius 1 is 1.64 bits per heavy atom. The fourth-order valence-electron chi connectivity index (χ4n) is 1.02. The van der Waals surface area contributed by atoms with Gasteiger partial charge in [-0.1, -0.05) is 17.2 Å². The molecule has 0 unspecified atom stereocenters. The van der Waals surface area contributed by atoms with Crippen LogP contribution in [0.2, 0.25) is 0 Å². The van der Waals surface area contributed by atoms with Gasteiger partial charge in [0.25, 0.3) is 0 Å². The van der Waals surface area contributed by atoms with E-state index in [1.54, 1.807) is 6.07 Å². The lowest BCUT2D eigenvalue weighted by atomic mass is 10.1. The van der Waals surface area contributed by atoms with Crippen LogP contribution in [0.15, 0.2) is 29.4 Å². The van der Waals surface area contributed by atoms with Crippen molar-refractivity contribution in [3.63, 3.8) is 0 Å². The third kappa shape index (κ3) is 2.97. The molecule has 0 amide bonds. The minimum Gasteiger partial charge on any atom is -0.488 e. The number of rotatable bonds is 4. The van der Waals surface area contributed by atoms with Gasteiger partial charge in [-0.3, -0.25) is 0 Å². The van der Waals surface area contributed by atoms with Crippen LogP contribution in [0.3, 0.4) is 0 Å². The minimum absolute atomic E-state index is 0.00109. The van der Waals surface area contributed by atoms with Crippen molar-refractivity contribution in [2.75, 3.05) is 6.73 Å². The van der Waals surface area contributed by atoms with Gasteiger partial charge in [-0.05, 0) is 30.2 Å². The van der Waals surface area contributed by atoms with Gasteiger partial charge in [-0.2, -0.15) is 0 Å². The SMILES string of the molecule is C[C@H](N)c1cccc(OCN=[N+]=[N-])c1. The van der Waals surface area contributed by atoms with Crippen LogP contribution < -0.4 is 10.5 Å². The van der Waals surface area contributed by atoms with Crippen molar-refractivity contribution < 1.29 is 4.74 Å². The second-order valence-electron chi connectivity index (χ2n) is 2.87. The number of nitrogens with two attached hydrogens (primary N) is 1. The van der Waals surface area contributed by atoms with Crippen molar-refractivity contribution in [2.45, 2.75) is 13.0 Å². The second-order valence-corrected chi connectivity index (χ2v) is 2.87. The Labute approximate surface area is 82.1 Å². The number of hydrogen-bond acceptors (Lipinski definition) is 3. The van der Waals surface area contributed by atoms with Crippen molar-refractivity contribution in [2.24, 2.45) is 10.8 Å². The average molecular weight is 192 g/mol. The first-order chi connectivity index (χ1) is 6.74. The van der Waals surface area contributed by atoms with Crippen LogP contribution >= 0.6 is 0 Å². The van der Waals surface area contributed by atoms with Crippen molar-refractivity contribution in [1.29, 1.82) is 0 Å². The Morgan fingerprint density at radius 3 is 3.07 bits per heavy atom. The van der Waals surface area contributed by atoms with Crippen LogP contribution in [-0.4, -0.2) is 6.73 Å². The Balaban J connectivity index is 2.68. The quantitative estimate of drug-likeness (QED) is 0.451. The summed E-state index contributed by atoms with van der Waals surface area (Å²) in [7, 11) is 0. The molecule has 0 heterocycles. The summed E-state index contributed by atoms with van der Waals surface area (Å²) < 4.78 is 5.16. The molecule has 0 saturated heterocycles. The highest BCUT2D eigenvalue weighted by atomic mass is 16.5. The molecule has 0 spiro atoms. The van der Waals surface area contributed by atoms with Gasteiger partial charge >= 0.3 is 0 Å². The van der Waals surface area contributed by atoms with Crippen molar-refractivity contribution >= 4 is 0 Å². The standard InChI is InChI=1S/C9H12N4O/c1-7(10)8-3-2-4-9(5-8)14-6-12-13-11/h2-5,7H,6,10H2,1H3/t7-/m0/s1. The molecule has 1 rings (SSSR count). The van der Waals surface area contributed by atoms with E-state index in [2.05, 4.69) is 10.0 Å². The molecule has 74 valence electrons. The summed E-state index contributed by atoms with van der Waals surface area (Å²) in [5, 5.41) is 3.27. The van der Waals surface area contributed by atoms with Gasteiger partial charge in [0.2, 0.25) is 0 Å². The van der Waals surface area contributed by atoms with Crippen LogP contribution in [0.1, 0.15) is 18.5 Å². The Bertz CT molecular complexity index is 344. The Hall–Kier alpha value is -1.71. The number of ether oxygens (including phenoxy) is 1. The summed E-state index contributed by atoms with van der Waals surface area (Å²) >= 11 is 0. The molecular weight excluding hydrogens is 180 g/mol. The molecule has 1 atom stereocenters. The molecule has 5 heteroatoms. The number of hydrogen-bond donors (Lipinski definition) is 1. The van der Waals surface area contributed by atoms with E-state index in [-0.39, 0.29) is 12.8 Å². The van der Waals surface area contributed by atoms with E-state index >= 15 is 0 Å². The van der Waals surface area contributed by atoms with E-state index in [9.17, 15) is 0 Å².